The molecule has 0 aromatic carbocycles. The summed E-state index contributed by atoms with van der Waals surface area (Å²) in [6.07, 6.45) is 10.4. The van der Waals surface area contributed by atoms with Gasteiger partial charge in [-0.2, -0.15) is 0 Å². The molecule has 1 aliphatic carbocycles. The Morgan fingerprint density at radius 1 is 1.47 bits per heavy atom. The van der Waals surface area contributed by atoms with Crippen LogP contribution in [0.4, 0.5) is 0 Å². The maximum Gasteiger partial charge on any atom is 0.302 e. The van der Waals surface area contributed by atoms with Crippen molar-refractivity contribution in [2.45, 2.75) is 52.9 Å². The minimum Gasteiger partial charge on any atom is -0.466 e. The zero-order valence-electron chi connectivity index (χ0n) is 11.3. The number of carbonyl (C=O) groups is 1. The molecule has 0 aromatic rings. The van der Waals surface area contributed by atoms with E-state index < -0.39 is 0 Å². The fourth-order valence-corrected chi connectivity index (χ4v) is 2.10. The molecule has 96 valence electrons. The van der Waals surface area contributed by atoms with E-state index in [1.807, 2.05) is 0 Å². The molecular weight excluding hydrogens is 212 g/mol. The molecule has 0 bridgehead atoms. The van der Waals surface area contributed by atoms with Gasteiger partial charge in [0.25, 0.3) is 0 Å². The highest BCUT2D eigenvalue weighted by Crippen LogP contribution is 2.26. The van der Waals surface area contributed by atoms with Crippen LogP contribution in [0.3, 0.4) is 0 Å². The van der Waals surface area contributed by atoms with Crippen LogP contribution in [0.15, 0.2) is 23.3 Å². The van der Waals surface area contributed by atoms with Crippen LogP contribution in [0.5, 0.6) is 0 Å². The van der Waals surface area contributed by atoms with E-state index in [0.29, 0.717) is 12.5 Å². The van der Waals surface area contributed by atoms with E-state index in [1.165, 1.54) is 25.3 Å². The summed E-state index contributed by atoms with van der Waals surface area (Å²) < 4.78 is 5.05. The monoisotopic (exact) mass is 236 g/mol. The van der Waals surface area contributed by atoms with Crippen molar-refractivity contribution in [2.75, 3.05) is 6.61 Å². The molecule has 0 unspecified atom stereocenters. The summed E-state index contributed by atoms with van der Waals surface area (Å²) in [6, 6.07) is 0. The van der Waals surface area contributed by atoms with Crippen molar-refractivity contribution in [1.29, 1.82) is 0 Å². The molecule has 0 saturated heterocycles. The third kappa shape index (κ3) is 6.30. The molecule has 0 radical (unpaired) electrons. The number of esters is 1. The average molecular weight is 236 g/mol. The third-order valence-corrected chi connectivity index (χ3v) is 3.15. The number of rotatable bonds is 5. The van der Waals surface area contributed by atoms with E-state index in [1.54, 1.807) is 5.57 Å². The Morgan fingerprint density at radius 3 is 2.76 bits per heavy atom. The van der Waals surface area contributed by atoms with Gasteiger partial charge in [-0.25, -0.2) is 0 Å². The smallest absolute Gasteiger partial charge is 0.302 e. The zero-order valence-corrected chi connectivity index (χ0v) is 11.3. The van der Waals surface area contributed by atoms with Crippen molar-refractivity contribution < 1.29 is 9.53 Å². The Morgan fingerprint density at radius 2 is 2.24 bits per heavy atom. The van der Waals surface area contributed by atoms with Crippen LogP contribution in [0.2, 0.25) is 0 Å². The summed E-state index contributed by atoms with van der Waals surface area (Å²) in [4.78, 5) is 10.7. The highest BCUT2D eigenvalue weighted by Gasteiger charge is 2.15. The Labute approximate surface area is 105 Å². The molecule has 0 N–H and O–H groups in total. The molecule has 2 nitrogen and oxygen atoms in total. The van der Waals surface area contributed by atoms with Gasteiger partial charge in [-0.15, -0.1) is 0 Å². The number of hydrogen-bond acceptors (Lipinski definition) is 2. The Hall–Kier alpha value is -1.05. The summed E-state index contributed by atoms with van der Waals surface area (Å²) in [6.45, 7) is 6.35. The van der Waals surface area contributed by atoms with Crippen molar-refractivity contribution in [3.8, 4) is 0 Å². The summed E-state index contributed by atoms with van der Waals surface area (Å²) in [7, 11) is 0. The van der Waals surface area contributed by atoms with Gasteiger partial charge in [-0.3, -0.25) is 4.79 Å². The predicted octanol–water partition coefficient (Wildman–Crippen LogP) is 4.02. The van der Waals surface area contributed by atoms with Crippen LogP contribution >= 0.6 is 0 Å². The molecular formula is C15H24O2. The lowest BCUT2D eigenvalue weighted by Gasteiger charge is -2.21. The molecule has 0 fully saturated rings. The van der Waals surface area contributed by atoms with Gasteiger partial charge in [0.2, 0.25) is 0 Å². The molecule has 17 heavy (non-hydrogen) atoms. The Bertz CT molecular complexity index is 309. The average Bonchev–Trinajstić information content (AvgIpc) is 2.27. The van der Waals surface area contributed by atoms with Crippen LogP contribution in [-0.4, -0.2) is 12.6 Å². The van der Waals surface area contributed by atoms with E-state index in [2.05, 4.69) is 26.0 Å². The third-order valence-electron chi connectivity index (χ3n) is 3.15. The number of hydrogen-bond donors (Lipinski definition) is 0. The van der Waals surface area contributed by atoms with E-state index in [9.17, 15) is 4.79 Å². The van der Waals surface area contributed by atoms with Crippen LogP contribution < -0.4 is 0 Å². The molecule has 0 aliphatic heterocycles. The first-order valence-electron chi connectivity index (χ1n) is 6.52. The first-order valence-corrected chi connectivity index (χ1v) is 6.52. The summed E-state index contributed by atoms with van der Waals surface area (Å²) >= 11 is 0. The van der Waals surface area contributed by atoms with Gasteiger partial charge in [0, 0.05) is 6.92 Å². The van der Waals surface area contributed by atoms with E-state index in [4.69, 9.17) is 4.74 Å². The normalized spacial score (nSPS) is 19.5. The highest BCUT2D eigenvalue weighted by molar-refractivity contribution is 5.65. The Kier molecular flexibility index (Phi) is 6.03. The van der Waals surface area contributed by atoms with Crippen molar-refractivity contribution in [1.82, 2.24) is 0 Å². The lowest BCUT2D eigenvalue weighted by Crippen LogP contribution is -2.14. The van der Waals surface area contributed by atoms with Gasteiger partial charge in [0.15, 0.2) is 0 Å². The summed E-state index contributed by atoms with van der Waals surface area (Å²) in [5, 5.41) is 0. The second kappa shape index (κ2) is 7.31. The molecule has 0 heterocycles. The minimum absolute atomic E-state index is 0.164. The largest absolute Gasteiger partial charge is 0.466 e. The molecule has 0 spiro atoms. The number of allylic oxidation sites excluding steroid dienone is 4. The van der Waals surface area contributed by atoms with E-state index in [-0.39, 0.29) is 5.97 Å². The van der Waals surface area contributed by atoms with Crippen LogP contribution in [0.25, 0.3) is 0 Å². The lowest BCUT2D eigenvalue weighted by molar-refractivity contribution is -0.142. The van der Waals surface area contributed by atoms with Crippen LogP contribution in [0.1, 0.15) is 52.9 Å². The van der Waals surface area contributed by atoms with Crippen molar-refractivity contribution >= 4 is 5.97 Å². The van der Waals surface area contributed by atoms with Gasteiger partial charge in [0.1, 0.15) is 0 Å². The van der Waals surface area contributed by atoms with Crippen LogP contribution in [-0.2, 0) is 9.53 Å². The quantitative estimate of drug-likeness (QED) is 0.532. The molecule has 0 saturated carbocycles. The van der Waals surface area contributed by atoms with Gasteiger partial charge in [-0.05, 0) is 51.9 Å². The second-order valence-corrected chi connectivity index (χ2v) is 5.13. The topological polar surface area (TPSA) is 26.3 Å². The van der Waals surface area contributed by atoms with Crippen LogP contribution in [0, 0.1) is 5.92 Å². The first-order chi connectivity index (χ1) is 8.08. The first kappa shape index (κ1) is 14.0. The van der Waals surface area contributed by atoms with E-state index >= 15 is 0 Å². The van der Waals surface area contributed by atoms with Crippen molar-refractivity contribution in [3.63, 3.8) is 0 Å². The Balaban J connectivity index is 2.24. The minimum atomic E-state index is -0.164. The SMILES string of the molecule is CC(=O)OC[C@H]1CC=C(CCC=C(C)C)CC1. The number of carbonyl (C=O) groups excluding carboxylic acids is 1. The van der Waals surface area contributed by atoms with Crippen molar-refractivity contribution in [2.24, 2.45) is 5.92 Å². The van der Waals surface area contributed by atoms with Gasteiger partial charge >= 0.3 is 5.97 Å². The standard InChI is InChI=1S/C15H24O2/c1-12(2)5-4-6-14-7-9-15(10-8-14)11-17-13(3)16/h5,7,15H,4,6,8-11H2,1-3H3/t15-/m0/s1. The molecule has 1 rings (SSSR count). The highest BCUT2D eigenvalue weighted by atomic mass is 16.5. The molecule has 1 aliphatic rings. The van der Waals surface area contributed by atoms with Crippen molar-refractivity contribution in [3.05, 3.63) is 23.3 Å². The van der Waals surface area contributed by atoms with Gasteiger partial charge in [-0.1, -0.05) is 23.3 Å². The fourth-order valence-electron chi connectivity index (χ4n) is 2.10. The maximum absolute atomic E-state index is 10.7. The molecule has 0 aromatic heterocycles. The predicted molar refractivity (Wildman–Crippen MR) is 70.7 cm³/mol. The second-order valence-electron chi connectivity index (χ2n) is 5.13. The van der Waals surface area contributed by atoms with E-state index in [0.717, 1.165) is 19.3 Å². The number of ether oxygens (including phenoxy) is 1. The zero-order chi connectivity index (χ0) is 12.7. The molecule has 2 heteroatoms. The fraction of sp³-hybridized carbons (Fsp3) is 0.667. The summed E-state index contributed by atoms with van der Waals surface area (Å²) in [5.74, 6) is 0.370. The van der Waals surface area contributed by atoms with Gasteiger partial charge < -0.3 is 4.74 Å². The van der Waals surface area contributed by atoms with Gasteiger partial charge in [0.05, 0.1) is 6.61 Å². The molecule has 0 amide bonds. The lowest BCUT2D eigenvalue weighted by atomic mass is 9.88. The molecule has 1 atom stereocenters. The summed E-state index contributed by atoms with van der Waals surface area (Å²) in [5.41, 5.74) is 2.97. The maximum atomic E-state index is 10.7.